The van der Waals surface area contributed by atoms with Gasteiger partial charge in [0.15, 0.2) is 0 Å². The summed E-state index contributed by atoms with van der Waals surface area (Å²) in [6, 6.07) is 10.1. The molecule has 3 N–H and O–H groups in total. The zero-order valence-electron chi connectivity index (χ0n) is 16.9. The van der Waals surface area contributed by atoms with Crippen molar-refractivity contribution >= 4 is 23.6 Å². The Labute approximate surface area is 173 Å². The quantitative estimate of drug-likeness (QED) is 0.601. The van der Waals surface area contributed by atoms with Crippen molar-refractivity contribution in [3.63, 3.8) is 0 Å². The van der Waals surface area contributed by atoms with Gasteiger partial charge in [0.1, 0.15) is 0 Å². The number of anilines is 4. The number of nitrogen functional groups attached to an aromatic ring is 1. The number of benzene rings is 1. The fourth-order valence-electron chi connectivity index (χ4n) is 3.99. The minimum absolute atomic E-state index is 0.0835. The van der Waals surface area contributed by atoms with Crippen molar-refractivity contribution in [2.75, 3.05) is 35.6 Å². The molecular formula is C20H24N8O2. The summed E-state index contributed by atoms with van der Waals surface area (Å²) < 4.78 is 11.2. The number of hydrogen-bond acceptors (Lipinski definition) is 10. The molecule has 0 radical (unpaired) electrons. The first kappa shape index (κ1) is 18.7. The first-order chi connectivity index (χ1) is 14.6. The summed E-state index contributed by atoms with van der Waals surface area (Å²) in [5.74, 6) is 2.87. The molecule has 10 heteroatoms. The number of fused-ring (bicyclic) bond motifs is 1. The molecule has 2 unspecified atom stereocenters. The Morgan fingerprint density at radius 3 is 2.60 bits per heavy atom. The summed E-state index contributed by atoms with van der Waals surface area (Å²) in [4.78, 5) is 19.3. The first-order valence-corrected chi connectivity index (χ1v) is 10.1. The van der Waals surface area contributed by atoms with E-state index in [1.54, 1.807) is 0 Å². The van der Waals surface area contributed by atoms with Crippen molar-refractivity contribution < 1.29 is 9.26 Å². The minimum atomic E-state index is 0.0835. The fourth-order valence-corrected chi connectivity index (χ4v) is 3.99. The SMILES string of the molecule is CC(C)OCC1C2CN(c3nc(-c4nc(N)nc(Nc5ccccc5)n4)no3)CC12. The third-order valence-electron chi connectivity index (χ3n) is 5.56. The van der Waals surface area contributed by atoms with E-state index in [9.17, 15) is 0 Å². The van der Waals surface area contributed by atoms with Crippen LogP contribution in [-0.4, -0.2) is 50.9 Å². The summed E-state index contributed by atoms with van der Waals surface area (Å²) in [7, 11) is 0. The lowest BCUT2D eigenvalue weighted by molar-refractivity contribution is 0.0652. The monoisotopic (exact) mass is 408 g/mol. The van der Waals surface area contributed by atoms with Crippen LogP contribution in [-0.2, 0) is 4.74 Å². The molecule has 1 aliphatic carbocycles. The van der Waals surface area contributed by atoms with Gasteiger partial charge in [0.25, 0.3) is 0 Å². The van der Waals surface area contributed by atoms with Crippen LogP contribution in [0.2, 0.25) is 0 Å². The number of ether oxygens (including phenoxy) is 1. The summed E-state index contributed by atoms with van der Waals surface area (Å²) in [5, 5.41) is 7.15. The van der Waals surface area contributed by atoms with Crippen molar-refractivity contribution in [1.82, 2.24) is 25.1 Å². The lowest BCUT2D eigenvalue weighted by atomic mass is 10.3. The van der Waals surface area contributed by atoms with E-state index in [2.05, 4.69) is 49.2 Å². The number of rotatable bonds is 7. The zero-order valence-corrected chi connectivity index (χ0v) is 16.9. The Kier molecular flexibility index (Phi) is 4.70. The van der Waals surface area contributed by atoms with Crippen LogP contribution in [0.3, 0.4) is 0 Å². The van der Waals surface area contributed by atoms with Gasteiger partial charge >= 0.3 is 6.01 Å². The molecule has 0 spiro atoms. The Morgan fingerprint density at radius 2 is 1.87 bits per heavy atom. The number of nitrogens with one attached hydrogen (secondary N) is 1. The van der Waals surface area contributed by atoms with E-state index in [1.807, 2.05) is 30.3 Å². The molecule has 0 bridgehead atoms. The molecule has 30 heavy (non-hydrogen) atoms. The molecule has 2 fully saturated rings. The second-order valence-electron chi connectivity index (χ2n) is 8.01. The van der Waals surface area contributed by atoms with E-state index < -0.39 is 0 Å². The Hall–Kier alpha value is -3.27. The van der Waals surface area contributed by atoms with Crippen molar-refractivity contribution in [1.29, 1.82) is 0 Å². The Morgan fingerprint density at radius 1 is 1.10 bits per heavy atom. The average Bonchev–Trinajstić information content (AvgIpc) is 3.09. The van der Waals surface area contributed by atoms with Crippen LogP contribution < -0.4 is 16.0 Å². The van der Waals surface area contributed by atoms with Crippen molar-refractivity contribution in [2.45, 2.75) is 20.0 Å². The predicted molar refractivity (Wildman–Crippen MR) is 111 cm³/mol. The largest absolute Gasteiger partial charge is 0.378 e. The second kappa shape index (κ2) is 7.52. The van der Waals surface area contributed by atoms with Crippen LogP contribution in [0.5, 0.6) is 0 Å². The van der Waals surface area contributed by atoms with Gasteiger partial charge in [0.2, 0.25) is 23.5 Å². The number of nitrogens with two attached hydrogens (primary N) is 1. The number of para-hydroxylation sites is 1. The number of nitrogens with zero attached hydrogens (tertiary/aromatic N) is 6. The van der Waals surface area contributed by atoms with Crippen molar-refractivity contribution in [3.8, 4) is 11.6 Å². The Balaban J connectivity index is 1.26. The van der Waals surface area contributed by atoms with Gasteiger partial charge in [-0.25, -0.2) is 0 Å². The van der Waals surface area contributed by atoms with Gasteiger partial charge in [-0.3, -0.25) is 0 Å². The van der Waals surface area contributed by atoms with Crippen LogP contribution in [0.25, 0.3) is 11.6 Å². The third-order valence-corrected chi connectivity index (χ3v) is 5.56. The molecule has 1 aliphatic heterocycles. The van der Waals surface area contributed by atoms with E-state index in [4.69, 9.17) is 15.0 Å². The van der Waals surface area contributed by atoms with Gasteiger partial charge in [0, 0.05) is 18.8 Å². The van der Waals surface area contributed by atoms with Crippen molar-refractivity contribution in [3.05, 3.63) is 30.3 Å². The molecule has 3 heterocycles. The van der Waals surface area contributed by atoms with Crippen LogP contribution in [0, 0.1) is 17.8 Å². The summed E-state index contributed by atoms with van der Waals surface area (Å²) >= 11 is 0. The van der Waals surface area contributed by atoms with Gasteiger partial charge in [-0.1, -0.05) is 23.4 Å². The minimum Gasteiger partial charge on any atom is -0.378 e. The van der Waals surface area contributed by atoms with Crippen LogP contribution in [0.4, 0.5) is 23.6 Å². The first-order valence-electron chi connectivity index (χ1n) is 10.1. The van der Waals surface area contributed by atoms with E-state index in [1.165, 1.54) is 0 Å². The number of aromatic nitrogens is 5. The van der Waals surface area contributed by atoms with Gasteiger partial charge in [-0.15, -0.1) is 0 Å². The lowest BCUT2D eigenvalue weighted by Crippen LogP contribution is -2.25. The predicted octanol–water partition coefficient (Wildman–Crippen LogP) is 2.35. The molecule has 1 saturated heterocycles. The molecule has 1 saturated carbocycles. The fraction of sp³-hybridized carbons (Fsp3) is 0.450. The topological polar surface area (TPSA) is 128 Å². The smallest absolute Gasteiger partial charge is 0.324 e. The van der Waals surface area contributed by atoms with E-state index in [0.717, 1.165) is 25.4 Å². The second-order valence-corrected chi connectivity index (χ2v) is 8.01. The summed E-state index contributed by atoms with van der Waals surface area (Å²) in [6.07, 6.45) is 0.273. The summed E-state index contributed by atoms with van der Waals surface area (Å²) in [5.41, 5.74) is 6.70. The highest BCUT2D eigenvalue weighted by Gasteiger charge is 2.56. The normalized spacial score (nSPS) is 22.4. The molecule has 0 amide bonds. The molecule has 2 aromatic heterocycles. The van der Waals surface area contributed by atoms with Crippen LogP contribution >= 0.6 is 0 Å². The van der Waals surface area contributed by atoms with E-state index in [0.29, 0.717) is 29.7 Å². The van der Waals surface area contributed by atoms with Crippen molar-refractivity contribution in [2.24, 2.45) is 17.8 Å². The van der Waals surface area contributed by atoms with Crippen LogP contribution in [0.15, 0.2) is 34.9 Å². The van der Waals surface area contributed by atoms with Gasteiger partial charge in [-0.05, 0) is 43.7 Å². The molecule has 156 valence electrons. The van der Waals surface area contributed by atoms with Crippen LogP contribution in [0.1, 0.15) is 13.8 Å². The molecule has 10 nitrogen and oxygen atoms in total. The number of piperidine rings is 1. The molecule has 2 atom stereocenters. The van der Waals surface area contributed by atoms with Gasteiger partial charge in [0.05, 0.1) is 12.7 Å². The average molecular weight is 408 g/mol. The molecule has 3 aromatic rings. The zero-order chi connectivity index (χ0) is 20.7. The maximum atomic E-state index is 5.86. The standard InChI is InChI=1S/C20H24N8O2/c1-11(2)29-10-15-13-8-28(9-14(13)15)20-25-17(27-30-20)16-23-18(21)26-19(24-16)22-12-6-4-3-5-7-12/h3-7,11,13-15H,8-10H2,1-2H3,(H3,21,22,23,24,26). The molecule has 5 rings (SSSR count). The lowest BCUT2D eigenvalue weighted by Gasteiger charge is -2.17. The highest BCUT2D eigenvalue weighted by Crippen LogP contribution is 2.52. The molecule has 2 aliphatic rings. The van der Waals surface area contributed by atoms with Gasteiger partial charge < -0.3 is 25.2 Å². The Bertz CT molecular complexity index is 1010. The summed E-state index contributed by atoms with van der Waals surface area (Å²) in [6.45, 7) is 6.77. The number of hydrogen-bond donors (Lipinski definition) is 2. The van der Waals surface area contributed by atoms with E-state index in [-0.39, 0.29) is 23.7 Å². The highest BCUT2D eigenvalue weighted by molar-refractivity contribution is 5.57. The van der Waals surface area contributed by atoms with E-state index >= 15 is 0 Å². The van der Waals surface area contributed by atoms with Gasteiger partial charge in [-0.2, -0.15) is 19.9 Å². The molecular weight excluding hydrogens is 384 g/mol. The molecule has 1 aromatic carbocycles. The maximum Gasteiger partial charge on any atom is 0.324 e. The third kappa shape index (κ3) is 3.78. The highest BCUT2D eigenvalue weighted by atomic mass is 16.5. The maximum absolute atomic E-state index is 5.86.